The van der Waals surface area contributed by atoms with Gasteiger partial charge in [-0.25, -0.2) is 4.98 Å². The number of methoxy groups -OCH3 is 2. The number of piperidine rings is 2. The average molecular weight is 519 g/mol. The van der Waals surface area contributed by atoms with Gasteiger partial charge in [-0.1, -0.05) is 19.9 Å². The molecule has 2 saturated heterocycles. The minimum Gasteiger partial charge on any atom is -0.493 e. The molecule has 1 unspecified atom stereocenters. The van der Waals surface area contributed by atoms with Crippen molar-refractivity contribution in [2.24, 2.45) is 5.92 Å². The quantitative estimate of drug-likeness (QED) is 0.362. The van der Waals surface area contributed by atoms with Gasteiger partial charge in [-0.15, -0.1) is 0 Å². The summed E-state index contributed by atoms with van der Waals surface area (Å²) in [7, 11) is 3.35. The van der Waals surface area contributed by atoms with Crippen LogP contribution in [0.1, 0.15) is 77.3 Å². The van der Waals surface area contributed by atoms with Gasteiger partial charge in [-0.3, -0.25) is 4.90 Å². The maximum atomic E-state index is 5.59. The van der Waals surface area contributed by atoms with Crippen LogP contribution < -0.4 is 14.8 Å². The monoisotopic (exact) mass is 518 g/mol. The molecular weight excluding hydrogens is 472 g/mol. The molecule has 2 aromatic carbocycles. The maximum absolute atomic E-state index is 5.59. The van der Waals surface area contributed by atoms with Crippen LogP contribution in [-0.4, -0.2) is 60.4 Å². The summed E-state index contributed by atoms with van der Waals surface area (Å²) in [6.07, 6.45) is 6.36. The summed E-state index contributed by atoms with van der Waals surface area (Å²) in [4.78, 5) is 7.98. The largest absolute Gasteiger partial charge is 0.493 e. The summed E-state index contributed by atoms with van der Waals surface area (Å²) < 4.78 is 13.4. The number of nitrogens with one attached hydrogen (secondary N) is 1. The first kappa shape index (κ1) is 27.0. The van der Waals surface area contributed by atoms with Crippen molar-refractivity contribution in [3.8, 4) is 22.9 Å². The van der Waals surface area contributed by atoms with Gasteiger partial charge >= 0.3 is 0 Å². The summed E-state index contributed by atoms with van der Waals surface area (Å²) >= 11 is 0. The molecule has 0 aliphatic carbocycles. The minimum absolute atomic E-state index is 0.286. The van der Waals surface area contributed by atoms with E-state index in [0.29, 0.717) is 12.0 Å². The first-order valence-electron chi connectivity index (χ1n) is 14.6. The van der Waals surface area contributed by atoms with Gasteiger partial charge in [0.05, 0.1) is 25.3 Å². The molecule has 3 heterocycles. The molecule has 2 aliphatic rings. The smallest absolute Gasteiger partial charge is 0.161 e. The first-order valence-corrected chi connectivity index (χ1v) is 14.6. The van der Waals surface area contributed by atoms with Crippen LogP contribution in [0, 0.1) is 5.92 Å². The third-order valence-electron chi connectivity index (χ3n) is 8.63. The molecule has 38 heavy (non-hydrogen) atoms. The lowest BCUT2D eigenvalue weighted by Crippen LogP contribution is -2.51. The zero-order valence-electron chi connectivity index (χ0n) is 24.2. The Kier molecular flexibility index (Phi) is 8.29. The van der Waals surface area contributed by atoms with Crippen molar-refractivity contribution >= 4 is 11.0 Å². The molecule has 206 valence electrons. The Morgan fingerprint density at radius 1 is 0.947 bits per heavy atom. The molecule has 3 aromatic rings. The van der Waals surface area contributed by atoms with Gasteiger partial charge in [0.15, 0.2) is 11.5 Å². The van der Waals surface area contributed by atoms with Crippen molar-refractivity contribution in [3.63, 3.8) is 0 Å². The van der Waals surface area contributed by atoms with E-state index in [4.69, 9.17) is 14.5 Å². The average Bonchev–Trinajstić information content (AvgIpc) is 3.32. The lowest BCUT2D eigenvalue weighted by molar-refractivity contribution is 0.0562. The lowest BCUT2D eigenvalue weighted by Gasteiger charge is -2.46. The molecule has 0 saturated carbocycles. The molecular formula is C32H46N4O2. The number of nitrogens with zero attached hydrogens (tertiary/aromatic N) is 3. The second-order valence-corrected chi connectivity index (χ2v) is 11.9. The number of hydrogen-bond donors (Lipinski definition) is 1. The molecule has 1 aromatic heterocycles. The van der Waals surface area contributed by atoms with Crippen LogP contribution >= 0.6 is 0 Å². The van der Waals surface area contributed by atoms with Crippen LogP contribution in [0.4, 0.5) is 0 Å². The highest BCUT2D eigenvalue weighted by molar-refractivity contribution is 5.82. The lowest BCUT2D eigenvalue weighted by atomic mass is 9.81. The van der Waals surface area contributed by atoms with E-state index in [1.807, 2.05) is 12.1 Å². The fraction of sp³-hybridized carbons (Fsp3) is 0.594. The highest BCUT2D eigenvalue weighted by atomic mass is 16.5. The van der Waals surface area contributed by atoms with Crippen LogP contribution in [0.15, 0.2) is 36.4 Å². The van der Waals surface area contributed by atoms with E-state index in [0.717, 1.165) is 53.5 Å². The number of aromatic nitrogens is 2. The van der Waals surface area contributed by atoms with E-state index in [1.165, 1.54) is 49.7 Å². The molecule has 1 N–H and O–H groups in total. The predicted molar refractivity (Wildman–Crippen MR) is 156 cm³/mol. The molecule has 0 spiro atoms. The Labute approximate surface area is 228 Å². The van der Waals surface area contributed by atoms with Crippen LogP contribution in [0.25, 0.3) is 22.4 Å². The second kappa shape index (κ2) is 11.7. The number of rotatable bonds is 8. The van der Waals surface area contributed by atoms with Crippen molar-refractivity contribution in [2.45, 2.75) is 83.8 Å². The van der Waals surface area contributed by atoms with Crippen molar-refractivity contribution in [3.05, 3.63) is 42.0 Å². The van der Waals surface area contributed by atoms with Gasteiger partial charge in [0.2, 0.25) is 0 Å². The normalized spacial score (nSPS) is 21.5. The zero-order chi connectivity index (χ0) is 26.8. The zero-order valence-corrected chi connectivity index (χ0v) is 24.2. The van der Waals surface area contributed by atoms with Crippen molar-refractivity contribution in [1.29, 1.82) is 0 Å². The summed E-state index contributed by atoms with van der Waals surface area (Å²) in [5.74, 6) is 3.76. The Balaban J connectivity index is 1.47. The summed E-state index contributed by atoms with van der Waals surface area (Å²) in [6, 6.07) is 14.8. The molecule has 5 rings (SSSR count). The van der Waals surface area contributed by atoms with E-state index < -0.39 is 0 Å². The van der Waals surface area contributed by atoms with Gasteiger partial charge in [0, 0.05) is 23.7 Å². The molecule has 2 aliphatic heterocycles. The van der Waals surface area contributed by atoms with Crippen LogP contribution in [0.3, 0.4) is 0 Å². The third kappa shape index (κ3) is 5.43. The minimum atomic E-state index is 0.286. The second-order valence-electron chi connectivity index (χ2n) is 11.9. The molecule has 0 amide bonds. The van der Waals surface area contributed by atoms with E-state index in [9.17, 15) is 0 Å². The summed E-state index contributed by atoms with van der Waals surface area (Å²) in [6.45, 7) is 12.8. The Bertz CT molecular complexity index is 1230. The van der Waals surface area contributed by atoms with Crippen molar-refractivity contribution in [2.75, 3.05) is 33.9 Å². The molecule has 0 radical (unpaired) electrons. The molecule has 0 bridgehead atoms. The number of fused-ring (bicyclic) bond motifs is 1. The van der Waals surface area contributed by atoms with E-state index in [1.54, 1.807) is 14.2 Å². The molecule has 6 nitrogen and oxygen atoms in total. The Morgan fingerprint density at radius 3 is 2.39 bits per heavy atom. The number of hydrogen-bond acceptors (Lipinski definition) is 5. The van der Waals surface area contributed by atoms with Crippen LogP contribution in [-0.2, 0) is 0 Å². The highest BCUT2D eigenvalue weighted by Crippen LogP contribution is 2.39. The summed E-state index contributed by atoms with van der Waals surface area (Å²) in [5, 5.41) is 3.55. The van der Waals surface area contributed by atoms with Crippen LogP contribution in [0.5, 0.6) is 11.5 Å². The Morgan fingerprint density at radius 2 is 1.71 bits per heavy atom. The number of imidazole rings is 1. The first-order chi connectivity index (χ1) is 18.4. The van der Waals surface area contributed by atoms with Crippen molar-refractivity contribution < 1.29 is 9.47 Å². The van der Waals surface area contributed by atoms with Crippen molar-refractivity contribution in [1.82, 2.24) is 19.8 Å². The summed E-state index contributed by atoms with van der Waals surface area (Å²) in [5.41, 5.74) is 4.79. The van der Waals surface area contributed by atoms with Gasteiger partial charge in [-0.2, -0.15) is 0 Å². The predicted octanol–water partition coefficient (Wildman–Crippen LogP) is 6.65. The van der Waals surface area contributed by atoms with Crippen LogP contribution in [0.2, 0.25) is 0 Å². The molecule has 6 heteroatoms. The fourth-order valence-electron chi connectivity index (χ4n) is 6.83. The molecule has 2 fully saturated rings. The van der Waals surface area contributed by atoms with Gasteiger partial charge in [0.25, 0.3) is 0 Å². The Hall–Kier alpha value is -2.57. The van der Waals surface area contributed by atoms with Gasteiger partial charge < -0.3 is 19.4 Å². The fourth-order valence-corrected chi connectivity index (χ4v) is 6.83. The SMILES string of the molecule is COc1ccc(-c2nc3ccc(C4CCN(C5CCNCC5)[C@H](CC(C)C)C4)cc3n2C(C)C)cc1OC. The number of benzene rings is 2. The third-order valence-corrected chi connectivity index (χ3v) is 8.63. The topological polar surface area (TPSA) is 51.5 Å². The van der Waals surface area contributed by atoms with Gasteiger partial charge in [0.1, 0.15) is 5.82 Å². The van der Waals surface area contributed by atoms with E-state index in [2.05, 4.69) is 66.7 Å². The number of ether oxygens (including phenoxy) is 2. The van der Waals surface area contributed by atoms with E-state index >= 15 is 0 Å². The standard InChI is InChI=1S/C32H46N4O2/c1-21(2)17-27-18-24(13-16-35(27)26-11-14-33-15-12-26)23-7-9-28-29(19-23)36(22(3)4)32(34-28)25-8-10-30(37-5)31(20-25)38-6/h7-10,19-22,24,26-27,33H,11-18H2,1-6H3/t24?,27-/m1/s1. The highest BCUT2D eigenvalue weighted by Gasteiger charge is 2.34. The number of likely N-dealkylation sites (tertiary alicyclic amines) is 1. The maximum Gasteiger partial charge on any atom is 0.161 e. The van der Waals surface area contributed by atoms with E-state index in [-0.39, 0.29) is 6.04 Å². The van der Waals surface area contributed by atoms with Gasteiger partial charge in [-0.05, 0) is 113 Å². The molecule has 2 atom stereocenters.